The van der Waals surface area contributed by atoms with Crippen LogP contribution in [0.2, 0.25) is 0 Å². The molecule has 0 atom stereocenters. The van der Waals surface area contributed by atoms with Crippen LogP contribution in [0.4, 0.5) is 14.6 Å². The average molecular weight is 470 g/mol. The minimum absolute atomic E-state index is 0.0554. The molecule has 176 valence electrons. The Labute approximate surface area is 192 Å². The summed E-state index contributed by atoms with van der Waals surface area (Å²) in [7, 11) is 0. The van der Waals surface area contributed by atoms with Gasteiger partial charge < -0.3 is 19.3 Å². The zero-order valence-corrected chi connectivity index (χ0v) is 17.9. The second-order valence-electron chi connectivity index (χ2n) is 8.18. The minimum Gasteiger partial charge on any atom is -0.425 e. The molecule has 0 aromatic carbocycles. The Hall–Kier alpha value is -4.08. The number of carbonyl (C=O) groups is 1. The maximum absolute atomic E-state index is 13.3. The Bertz CT molecular complexity index is 1240. The number of hydrogen-bond acceptors (Lipinski definition) is 9. The van der Waals surface area contributed by atoms with E-state index in [1.54, 1.807) is 6.20 Å². The van der Waals surface area contributed by atoms with Crippen molar-refractivity contribution in [1.29, 1.82) is 5.26 Å². The number of aromatic amines is 1. The number of fused-ring (bicyclic) bond motifs is 1. The van der Waals surface area contributed by atoms with Crippen LogP contribution in [0.3, 0.4) is 0 Å². The molecule has 2 aliphatic rings. The Morgan fingerprint density at radius 3 is 2.82 bits per heavy atom. The lowest BCUT2D eigenvalue weighted by molar-refractivity contribution is -0.113. The second-order valence-corrected chi connectivity index (χ2v) is 8.18. The molecule has 34 heavy (non-hydrogen) atoms. The molecular weight excluding hydrogens is 450 g/mol. The van der Waals surface area contributed by atoms with E-state index in [4.69, 9.17) is 10.00 Å². The zero-order chi connectivity index (χ0) is 23.7. The number of anilines is 1. The van der Waals surface area contributed by atoms with E-state index in [1.807, 2.05) is 17.0 Å². The van der Waals surface area contributed by atoms with E-state index >= 15 is 0 Å². The lowest BCUT2D eigenvalue weighted by Gasteiger charge is -2.38. The smallest absolute Gasteiger partial charge is 0.322 e. The second kappa shape index (κ2) is 8.69. The quantitative estimate of drug-likeness (QED) is 0.326. The lowest BCUT2D eigenvalue weighted by Crippen LogP contribution is -2.58. The first kappa shape index (κ1) is 21.7. The van der Waals surface area contributed by atoms with Gasteiger partial charge in [0, 0.05) is 42.4 Å². The summed E-state index contributed by atoms with van der Waals surface area (Å²) in [5, 5.41) is 16.9. The van der Waals surface area contributed by atoms with Crippen molar-refractivity contribution < 1.29 is 23.0 Å². The van der Waals surface area contributed by atoms with Gasteiger partial charge in [-0.15, -0.1) is 0 Å². The van der Waals surface area contributed by atoms with E-state index in [-0.39, 0.29) is 17.6 Å². The normalized spacial score (nSPS) is 17.8. The molecule has 13 heteroatoms. The van der Waals surface area contributed by atoms with Gasteiger partial charge in [-0.05, 0) is 25.0 Å². The average Bonchev–Trinajstić information content (AvgIpc) is 3.26. The summed E-state index contributed by atoms with van der Waals surface area (Å²) >= 11 is 0. The van der Waals surface area contributed by atoms with Crippen LogP contribution in [0.25, 0.3) is 11.0 Å². The number of nitriles is 1. The van der Waals surface area contributed by atoms with Gasteiger partial charge in [0.1, 0.15) is 11.5 Å². The maximum Gasteiger partial charge on any atom is 0.322 e. The number of likely N-dealkylation sites (tertiary alicyclic amines) is 1. The Morgan fingerprint density at radius 2 is 2.09 bits per heavy atom. The molecular formula is C21H20F2N8O3. The van der Waals surface area contributed by atoms with Crippen LogP contribution in [-0.2, 0) is 4.74 Å². The van der Waals surface area contributed by atoms with Crippen molar-refractivity contribution in [3.05, 3.63) is 35.8 Å². The van der Waals surface area contributed by atoms with E-state index in [2.05, 4.69) is 29.9 Å². The number of pyridine rings is 1. The van der Waals surface area contributed by atoms with Crippen LogP contribution < -0.4 is 9.64 Å². The number of piperidine rings is 1. The number of rotatable bonds is 6. The van der Waals surface area contributed by atoms with Crippen LogP contribution in [0.15, 0.2) is 24.4 Å². The van der Waals surface area contributed by atoms with Crippen LogP contribution >= 0.6 is 0 Å². The molecule has 0 radical (unpaired) electrons. The van der Waals surface area contributed by atoms with Crippen molar-refractivity contribution in [2.75, 3.05) is 37.9 Å². The topological polar surface area (TPSA) is 133 Å². The summed E-state index contributed by atoms with van der Waals surface area (Å²) in [4.78, 5) is 28.3. The number of ether oxygens (including phenoxy) is 2. The summed E-state index contributed by atoms with van der Waals surface area (Å²) in [6.45, 7) is -0.481. The number of amides is 1. The Kier molecular flexibility index (Phi) is 5.56. The van der Waals surface area contributed by atoms with Crippen LogP contribution in [0, 0.1) is 11.5 Å². The van der Waals surface area contributed by atoms with Gasteiger partial charge in [0.05, 0.1) is 13.1 Å². The number of alkyl halides is 2. The van der Waals surface area contributed by atoms with Gasteiger partial charge in [-0.3, -0.25) is 9.89 Å². The highest BCUT2D eigenvalue weighted by Crippen LogP contribution is 2.33. The summed E-state index contributed by atoms with van der Waals surface area (Å²) < 4.78 is 36.2. The molecule has 1 N–H and O–H groups in total. The van der Waals surface area contributed by atoms with E-state index < -0.39 is 31.7 Å². The first-order chi connectivity index (χ1) is 16.4. The van der Waals surface area contributed by atoms with Crippen molar-refractivity contribution in [2.45, 2.75) is 24.7 Å². The molecule has 0 unspecified atom stereocenters. The van der Waals surface area contributed by atoms with Crippen molar-refractivity contribution in [3.63, 3.8) is 0 Å². The monoisotopic (exact) mass is 470 g/mol. The largest absolute Gasteiger partial charge is 0.425 e. The Balaban J connectivity index is 1.33. The van der Waals surface area contributed by atoms with E-state index in [1.165, 1.54) is 12.3 Å². The summed E-state index contributed by atoms with van der Waals surface area (Å²) in [5.41, 5.74) is 1.66. The van der Waals surface area contributed by atoms with Crippen LogP contribution in [0.5, 0.6) is 6.01 Å². The highest BCUT2D eigenvalue weighted by atomic mass is 19.3. The molecule has 3 aromatic rings. The Morgan fingerprint density at radius 1 is 1.29 bits per heavy atom. The maximum atomic E-state index is 13.3. The predicted molar refractivity (Wildman–Crippen MR) is 113 cm³/mol. The molecule has 2 saturated heterocycles. The fourth-order valence-corrected chi connectivity index (χ4v) is 4.25. The molecule has 0 bridgehead atoms. The van der Waals surface area contributed by atoms with Gasteiger partial charge >= 0.3 is 6.01 Å². The van der Waals surface area contributed by atoms with E-state index in [0.717, 1.165) is 28.8 Å². The summed E-state index contributed by atoms with van der Waals surface area (Å²) in [6, 6.07) is 5.17. The van der Waals surface area contributed by atoms with Crippen molar-refractivity contribution >= 4 is 22.8 Å². The third-order valence-electron chi connectivity index (χ3n) is 5.94. The van der Waals surface area contributed by atoms with Crippen LogP contribution in [-0.4, -0.2) is 74.9 Å². The molecule has 2 fully saturated rings. The lowest BCUT2D eigenvalue weighted by atomic mass is 9.92. The third kappa shape index (κ3) is 4.26. The molecule has 0 saturated carbocycles. The molecule has 1 amide bonds. The SMILES string of the molecule is N#COCOc1nc(C(=O)N2CC(F)(F)C2)cc(N2CCC(c3[nH]nc4ncccc34)CC2)n1. The number of hydrogen-bond donors (Lipinski definition) is 1. The van der Waals surface area contributed by atoms with Gasteiger partial charge in [-0.1, -0.05) is 0 Å². The molecule has 3 aromatic heterocycles. The van der Waals surface area contributed by atoms with Gasteiger partial charge in [0.2, 0.25) is 6.79 Å². The number of nitrogens with one attached hydrogen (secondary N) is 1. The standard InChI is InChI=1S/C21H20F2N8O3/c22-21(23)9-31(10-21)19(32)15-8-16(27-20(26-15)34-12-33-11-24)30-6-3-13(4-7-30)17-14-2-1-5-25-18(14)29-28-17/h1-2,5,8,13H,3-4,6-7,9-10,12H2,(H,25,28,29). The van der Waals surface area contributed by atoms with Crippen LogP contribution in [0.1, 0.15) is 34.9 Å². The zero-order valence-electron chi connectivity index (χ0n) is 17.9. The molecule has 0 spiro atoms. The van der Waals surface area contributed by atoms with Gasteiger partial charge in [0.25, 0.3) is 18.1 Å². The van der Waals surface area contributed by atoms with Gasteiger partial charge in [-0.25, -0.2) is 13.8 Å². The van der Waals surface area contributed by atoms with Crippen molar-refractivity contribution in [3.8, 4) is 12.3 Å². The van der Waals surface area contributed by atoms with Crippen molar-refractivity contribution in [2.24, 2.45) is 0 Å². The molecule has 2 aliphatic heterocycles. The van der Waals surface area contributed by atoms with Gasteiger partial charge in [0.15, 0.2) is 5.65 Å². The van der Waals surface area contributed by atoms with E-state index in [0.29, 0.717) is 24.6 Å². The molecule has 0 aliphatic carbocycles. The first-order valence-electron chi connectivity index (χ1n) is 10.7. The number of H-pyrrole nitrogens is 1. The highest BCUT2D eigenvalue weighted by Gasteiger charge is 2.47. The predicted octanol–water partition coefficient (Wildman–Crippen LogP) is 2.06. The molecule has 11 nitrogen and oxygen atoms in total. The highest BCUT2D eigenvalue weighted by molar-refractivity contribution is 5.93. The number of halogens is 2. The van der Waals surface area contributed by atoms with Gasteiger partial charge in [-0.2, -0.15) is 20.3 Å². The third-order valence-corrected chi connectivity index (χ3v) is 5.94. The molecule has 5 heterocycles. The summed E-state index contributed by atoms with van der Waals surface area (Å²) in [6.07, 6.45) is 4.76. The number of aromatic nitrogens is 5. The van der Waals surface area contributed by atoms with E-state index in [9.17, 15) is 13.6 Å². The molecule has 5 rings (SSSR count). The fraction of sp³-hybridized carbons (Fsp3) is 0.429. The first-order valence-corrected chi connectivity index (χ1v) is 10.7. The summed E-state index contributed by atoms with van der Waals surface area (Å²) in [5.74, 6) is -2.84. The number of nitrogens with zero attached hydrogens (tertiary/aromatic N) is 7. The fourth-order valence-electron chi connectivity index (χ4n) is 4.25. The number of carbonyl (C=O) groups excluding carboxylic acids is 1. The van der Waals surface area contributed by atoms with Crippen molar-refractivity contribution in [1.82, 2.24) is 30.0 Å². The minimum atomic E-state index is -2.89.